The van der Waals surface area contributed by atoms with Crippen molar-refractivity contribution < 1.29 is 4.79 Å². The van der Waals surface area contributed by atoms with Crippen molar-refractivity contribution in [1.82, 2.24) is 4.90 Å². The predicted octanol–water partition coefficient (Wildman–Crippen LogP) is 4.53. The molecule has 4 heteroatoms. The van der Waals surface area contributed by atoms with Crippen LogP contribution in [0.2, 0.25) is 5.02 Å². The Balaban J connectivity index is 1.46. The minimum atomic E-state index is 0.0876. The number of likely N-dealkylation sites (tertiary alicyclic amines) is 1. The molecule has 2 heterocycles. The van der Waals surface area contributed by atoms with Gasteiger partial charge >= 0.3 is 0 Å². The van der Waals surface area contributed by atoms with E-state index in [0.717, 1.165) is 49.6 Å². The molecule has 2 aliphatic heterocycles. The minimum absolute atomic E-state index is 0.0876. The first-order valence-electron chi connectivity index (χ1n) is 9.49. The van der Waals surface area contributed by atoms with Crippen molar-refractivity contribution in [3.63, 3.8) is 0 Å². The first-order valence-corrected chi connectivity index (χ1v) is 9.87. The second-order valence-corrected chi connectivity index (χ2v) is 8.03. The zero-order valence-corrected chi connectivity index (χ0v) is 16.0. The highest BCUT2D eigenvalue weighted by Crippen LogP contribution is 2.34. The van der Waals surface area contributed by atoms with Crippen LogP contribution in [0.15, 0.2) is 48.5 Å². The fraction of sp³-hybridized carbons (Fsp3) is 0.409. The lowest BCUT2D eigenvalue weighted by molar-refractivity contribution is -0.124. The first kappa shape index (κ1) is 17.6. The molecule has 0 unspecified atom stereocenters. The number of halogens is 1. The van der Waals surface area contributed by atoms with Crippen molar-refractivity contribution in [1.29, 1.82) is 0 Å². The number of hydrogen-bond donors (Lipinski definition) is 0. The summed E-state index contributed by atoms with van der Waals surface area (Å²) in [6.45, 7) is 4.94. The lowest BCUT2D eigenvalue weighted by Gasteiger charge is -2.35. The molecule has 2 aromatic carbocycles. The third-order valence-electron chi connectivity index (χ3n) is 5.62. The van der Waals surface area contributed by atoms with E-state index in [9.17, 15) is 4.79 Å². The monoisotopic (exact) mass is 368 g/mol. The van der Waals surface area contributed by atoms with Crippen LogP contribution in [-0.2, 0) is 17.8 Å². The summed E-state index contributed by atoms with van der Waals surface area (Å²) in [7, 11) is 0. The standard InChI is InChI=1S/C22H25ClN2O/c1-16-13-18-5-2-3-7-21(18)25(16)22(26)19-6-4-12-24(15-19)14-17-8-10-20(23)11-9-17/h2-3,5,7-11,16,19H,4,6,12-15H2,1H3/t16-,19-/m1/s1. The maximum absolute atomic E-state index is 13.3. The Morgan fingerprint density at radius 3 is 2.73 bits per heavy atom. The molecule has 2 aliphatic rings. The topological polar surface area (TPSA) is 23.6 Å². The molecule has 1 amide bonds. The van der Waals surface area contributed by atoms with Crippen molar-refractivity contribution in [3.8, 4) is 0 Å². The fourth-order valence-electron chi connectivity index (χ4n) is 4.35. The molecule has 0 aromatic heterocycles. The van der Waals surface area contributed by atoms with Crippen LogP contribution in [0.3, 0.4) is 0 Å². The number of anilines is 1. The summed E-state index contributed by atoms with van der Waals surface area (Å²) < 4.78 is 0. The molecule has 2 aromatic rings. The van der Waals surface area contributed by atoms with E-state index in [1.165, 1.54) is 11.1 Å². The van der Waals surface area contributed by atoms with Crippen molar-refractivity contribution in [2.75, 3.05) is 18.0 Å². The SMILES string of the molecule is C[C@@H]1Cc2ccccc2N1C(=O)[C@@H]1CCCN(Cc2ccc(Cl)cc2)C1. The minimum Gasteiger partial charge on any atom is -0.309 e. The fourth-order valence-corrected chi connectivity index (χ4v) is 4.47. The molecular weight excluding hydrogens is 344 g/mol. The zero-order valence-electron chi connectivity index (χ0n) is 15.2. The van der Waals surface area contributed by atoms with Crippen molar-refractivity contribution >= 4 is 23.2 Å². The second-order valence-electron chi connectivity index (χ2n) is 7.59. The number of hydrogen-bond acceptors (Lipinski definition) is 2. The van der Waals surface area contributed by atoms with E-state index < -0.39 is 0 Å². The Morgan fingerprint density at radius 2 is 1.92 bits per heavy atom. The molecule has 0 spiro atoms. The van der Waals surface area contributed by atoms with Crippen LogP contribution >= 0.6 is 11.6 Å². The third-order valence-corrected chi connectivity index (χ3v) is 5.87. The molecule has 0 bridgehead atoms. The molecule has 0 aliphatic carbocycles. The van der Waals surface area contributed by atoms with E-state index in [2.05, 4.69) is 42.2 Å². The Morgan fingerprint density at radius 1 is 1.15 bits per heavy atom. The van der Waals surface area contributed by atoms with Crippen LogP contribution in [-0.4, -0.2) is 29.9 Å². The van der Waals surface area contributed by atoms with Gasteiger partial charge in [0.2, 0.25) is 5.91 Å². The summed E-state index contributed by atoms with van der Waals surface area (Å²) >= 11 is 5.98. The van der Waals surface area contributed by atoms with Gasteiger partial charge in [-0.3, -0.25) is 9.69 Å². The quantitative estimate of drug-likeness (QED) is 0.794. The van der Waals surface area contributed by atoms with Crippen molar-refractivity contribution in [3.05, 3.63) is 64.7 Å². The smallest absolute Gasteiger partial charge is 0.231 e. The van der Waals surface area contributed by atoms with Gasteiger partial charge in [-0.15, -0.1) is 0 Å². The largest absolute Gasteiger partial charge is 0.309 e. The molecular formula is C22H25ClN2O. The van der Waals surface area contributed by atoms with Gasteiger partial charge in [0.25, 0.3) is 0 Å². The van der Waals surface area contributed by atoms with Crippen LogP contribution in [0.4, 0.5) is 5.69 Å². The van der Waals surface area contributed by atoms with E-state index in [0.29, 0.717) is 5.91 Å². The predicted molar refractivity (Wildman–Crippen MR) is 107 cm³/mol. The maximum atomic E-state index is 13.3. The average Bonchev–Trinajstić information content (AvgIpc) is 2.99. The normalized spacial score (nSPS) is 23.1. The van der Waals surface area contributed by atoms with Gasteiger partial charge in [0, 0.05) is 29.8 Å². The number of amides is 1. The highest BCUT2D eigenvalue weighted by molar-refractivity contribution is 6.30. The molecule has 2 atom stereocenters. The molecule has 1 saturated heterocycles. The summed E-state index contributed by atoms with van der Waals surface area (Å²) in [6.07, 6.45) is 3.03. The molecule has 1 fully saturated rings. The molecule has 0 N–H and O–H groups in total. The Hall–Kier alpha value is -1.84. The van der Waals surface area contributed by atoms with Gasteiger partial charge in [-0.2, -0.15) is 0 Å². The number of nitrogens with zero attached hydrogens (tertiary/aromatic N) is 2. The van der Waals surface area contributed by atoms with Gasteiger partial charge in [0.15, 0.2) is 0 Å². The summed E-state index contributed by atoms with van der Waals surface area (Å²) in [5.41, 5.74) is 3.66. The van der Waals surface area contributed by atoms with Crippen LogP contribution in [0.5, 0.6) is 0 Å². The van der Waals surface area contributed by atoms with Gasteiger partial charge < -0.3 is 4.90 Å². The van der Waals surface area contributed by atoms with Crippen LogP contribution in [0, 0.1) is 5.92 Å². The second kappa shape index (κ2) is 7.42. The summed E-state index contributed by atoms with van der Waals surface area (Å²) in [5, 5.41) is 0.766. The van der Waals surface area contributed by atoms with Crippen LogP contribution in [0.1, 0.15) is 30.9 Å². The Bertz CT molecular complexity index is 789. The van der Waals surface area contributed by atoms with Crippen molar-refractivity contribution in [2.24, 2.45) is 5.92 Å². The van der Waals surface area contributed by atoms with Crippen LogP contribution < -0.4 is 4.90 Å². The van der Waals surface area contributed by atoms with Gasteiger partial charge in [-0.1, -0.05) is 41.9 Å². The third kappa shape index (κ3) is 3.51. The number of para-hydroxylation sites is 1. The molecule has 26 heavy (non-hydrogen) atoms. The molecule has 4 rings (SSSR count). The summed E-state index contributed by atoms with van der Waals surface area (Å²) in [4.78, 5) is 17.8. The summed E-state index contributed by atoms with van der Waals surface area (Å²) in [5.74, 6) is 0.382. The van der Waals surface area contributed by atoms with E-state index in [-0.39, 0.29) is 12.0 Å². The number of rotatable bonds is 3. The summed E-state index contributed by atoms with van der Waals surface area (Å²) in [6, 6.07) is 16.6. The molecule has 0 radical (unpaired) electrons. The average molecular weight is 369 g/mol. The first-order chi connectivity index (χ1) is 12.6. The van der Waals surface area contributed by atoms with E-state index in [4.69, 9.17) is 11.6 Å². The lowest BCUT2D eigenvalue weighted by Crippen LogP contribution is -2.46. The number of benzene rings is 2. The highest BCUT2D eigenvalue weighted by Gasteiger charge is 2.36. The Kier molecular flexibility index (Phi) is 5.01. The molecule has 0 saturated carbocycles. The number of piperidine rings is 1. The number of fused-ring (bicyclic) bond motifs is 1. The van der Waals surface area contributed by atoms with E-state index in [1.807, 2.05) is 23.1 Å². The van der Waals surface area contributed by atoms with Gasteiger partial charge in [0.1, 0.15) is 0 Å². The number of carbonyl (C=O) groups is 1. The van der Waals surface area contributed by atoms with Crippen LogP contribution in [0.25, 0.3) is 0 Å². The van der Waals surface area contributed by atoms with Gasteiger partial charge in [-0.25, -0.2) is 0 Å². The molecule has 3 nitrogen and oxygen atoms in total. The van der Waals surface area contributed by atoms with E-state index in [1.54, 1.807) is 0 Å². The van der Waals surface area contributed by atoms with Crippen molar-refractivity contribution in [2.45, 2.75) is 38.8 Å². The van der Waals surface area contributed by atoms with Gasteiger partial charge in [0.05, 0.1) is 5.92 Å². The number of carbonyl (C=O) groups excluding carboxylic acids is 1. The molecule has 136 valence electrons. The van der Waals surface area contributed by atoms with Gasteiger partial charge in [-0.05, 0) is 62.1 Å². The van der Waals surface area contributed by atoms with E-state index >= 15 is 0 Å². The highest BCUT2D eigenvalue weighted by atomic mass is 35.5. The lowest BCUT2D eigenvalue weighted by atomic mass is 9.95. The maximum Gasteiger partial charge on any atom is 0.231 e. The zero-order chi connectivity index (χ0) is 18.1. The Labute approximate surface area is 160 Å².